The predicted octanol–water partition coefficient (Wildman–Crippen LogP) is 3.28. The number of nitrogens with zero attached hydrogens (tertiary/aromatic N) is 2. The Hall–Kier alpha value is -1.36. The van der Waals surface area contributed by atoms with Gasteiger partial charge in [-0.3, -0.25) is 4.68 Å². The summed E-state index contributed by atoms with van der Waals surface area (Å²) in [5.41, 5.74) is 3.02. The number of halogens is 2. The Bertz CT molecular complexity index is 551. The highest BCUT2D eigenvalue weighted by Crippen LogP contribution is 2.24. The predicted molar refractivity (Wildman–Crippen MR) is 74.2 cm³/mol. The summed E-state index contributed by atoms with van der Waals surface area (Å²) < 4.78 is 15.6. The molecular weight excluding hydrogens is 297 g/mol. The van der Waals surface area contributed by atoms with Gasteiger partial charge >= 0.3 is 0 Å². The summed E-state index contributed by atoms with van der Waals surface area (Å²) in [6.07, 6.45) is 2.67. The van der Waals surface area contributed by atoms with Crippen molar-refractivity contribution in [1.29, 1.82) is 0 Å². The van der Waals surface area contributed by atoms with Gasteiger partial charge in [-0.25, -0.2) is 4.39 Å². The molecule has 0 amide bonds. The Morgan fingerprint density at radius 2 is 2.22 bits per heavy atom. The monoisotopic (exact) mass is 311 g/mol. The number of benzene rings is 1. The van der Waals surface area contributed by atoms with E-state index in [0.717, 1.165) is 24.2 Å². The van der Waals surface area contributed by atoms with Crippen LogP contribution in [0.2, 0.25) is 0 Å². The Balaban J connectivity index is 1.99. The third-order valence-corrected chi connectivity index (χ3v) is 3.49. The van der Waals surface area contributed by atoms with Gasteiger partial charge in [0.1, 0.15) is 5.82 Å². The van der Waals surface area contributed by atoms with Crippen molar-refractivity contribution in [2.24, 2.45) is 7.05 Å². The van der Waals surface area contributed by atoms with E-state index in [2.05, 4.69) is 26.3 Å². The summed E-state index contributed by atoms with van der Waals surface area (Å²) in [7, 11) is 1.93. The van der Waals surface area contributed by atoms with Crippen LogP contribution >= 0.6 is 15.9 Å². The average Bonchev–Trinajstić information content (AvgIpc) is 2.72. The lowest BCUT2D eigenvalue weighted by atomic mass is 10.2. The molecule has 2 rings (SSSR count). The molecule has 0 saturated heterocycles. The Kier molecular flexibility index (Phi) is 4.01. The first-order chi connectivity index (χ1) is 8.58. The van der Waals surface area contributed by atoms with Crippen LogP contribution in [0.4, 0.5) is 10.1 Å². The normalized spacial score (nSPS) is 10.7. The van der Waals surface area contributed by atoms with Gasteiger partial charge < -0.3 is 5.32 Å². The average molecular weight is 312 g/mol. The zero-order valence-electron chi connectivity index (χ0n) is 10.4. The van der Waals surface area contributed by atoms with Gasteiger partial charge in [-0.05, 0) is 46.6 Å². The van der Waals surface area contributed by atoms with Crippen molar-refractivity contribution >= 4 is 21.6 Å². The van der Waals surface area contributed by atoms with Crippen LogP contribution in [-0.4, -0.2) is 16.3 Å². The van der Waals surface area contributed by atoms with Crippen LogP contribution < -0.4 is 5.32 Å². The van der Waals surface area contributed by atoms with Crippen LogP contribution in [0.5, 0.6) is 0 Å². The number of hydrogen-bond acceptors (Lipinski definition) is 2. The molecule has 0 aliphatic rings. The third kappa shape index (κ3) is 2.90. The number of hydrogen-bond donors (Lipinski definition) is 1. The molecule has 1 heterocycles. The van der Waals surface area contributed by atoms with Crippen molar-refractivity contribution in [2.45, 2.75) is 13.3 Å². The molecule has 1 aromatic carbocycles. The fraction of sp³-hybridized carbons (Fsp3) is 0.308. The maximum absolute atomic E-state index is 13.3. The topological polar surface area (TPSA) is 29.9 Å². The second-order valence-corrected chi connectivity index (χ2v) is 5.06. The molecule has 0 fully saturated rings. The lowest BCUT2D eigenvalue weighted by molar-refractivity contribution is 0.620. The highest BCUT2D eigenvalue weighted by molar-refractivity contribution is 9.10. The number of aromatic nitrogens is 2. The molecule has 0 radical (unpaired) electrons. The molecule has 0 aliphatic heterocycles. The molecule has 3 nitrogen and oxygen atoms in total. The van der Waals surface area contributed by atoms with E-state index in [-0.39, 0.29) is 5.82 Å². The van der Waals surface area contributed by atoms with Crippen LogP contribution in [0.1, 0.15) is 11.3 Å². The minimum atomic E-state index is -0.232. The van der Waals surface area contributed by atoms with Crippen LogP contribution in [0.25, 0.3) is 0 Å². The van der Waals surface area contributed by atoms with E-state index in [1.54, 1.807) is 12.3 Å². The van der Waals surface area contributed by atoms with Crippen LogP contribution in [0.15, 0.2) is 28.9 Å². The molecule has 0 saturated carbocycles. The zero-order chi connectivity index (χ0) is 13.1. The standard InChI is InChI=1S/C13H15BrFN3/c1-9-7-12(15)11(14)8-13(9)16-5-3-10-4-6-17-18(10)2/h4,6-8,16H,3,5H2,1-2H3. The molecule has 0 unspecified atom stereocenters. The first-order valence-corrected chi connectivity index (χ1v) is 6.53. The fourth-order valence-corrected chi connectivity index (χ4v) is 2.15. The molecular formula is C13H15BrFN3. The van der Waals surface area contributed by atoms with Gasteiger partial charge in [-0.15, -0.1) is 0 Å². The second-order valence-electron chi connectivity index (χ2n) is 4.20. The van der Waals surface area contributed by atoms with E-state index >= 15 is 0 Å². The molecule has 1 aromatic heterocycles. The van der Waals surface area contributed by atoms with Crippen molar-refractivity contribution < 1.29 is 4.39 Å². The van der Waals surface area contributed by atoms with Crippen molar-refractivity contribution in [3.8, 4) is 0 Å². The van der Waals surface area contributed by atoms with Gasteiger partial charge in [0, 0.05) is 37.6 Å². The summed E-state index contributed by atoms with van der Waals surface area (Å²) in [6, 6.07) is 5.29. The quantitative estimate of drug-likeness (QED) is 0.939. The van der Waals surface area contributed by atoms with Crippen molar-refractivity contribution in [3.63, 3.8) is 0 Å². The SMILES string of the molecule is Cc1cc(F)c(Br)cc1NCCc1ccnn1C. The molecule has 18 heavy (non-hydrogen) atoms. The van der Waals surface area contributed by atoms with Gasteiger partial charge in [0.15, 0.2) is 0 Å². The molecule has 1 N–H and O–H groups in total. The maximum atomic E-state index is 13.3. The van der Waals surface area contributed by atoms with Crippen molar-refractivity contribution in [3.05, 3.63) is 45.9 Å². The minimum Gasteiger partial charge on any atom is -0.384 e. The first-order valence-electron chi connectivity index (χ1n) is 5.74. The van der Waals surface area contributed by atoms with Gasteiger partial charge in [0.05, 0.1) is 4.47 Å². The summed E-state index contributed by atoms with van der Waals surface area (Å²) in [5.74, 6) is -0.232. The van der Waals surface area contributed by atoms with E-state index < -0.39 is 0 Å². The van der Waals surface area contributed by atoms with Crippen molar-refractivity contribution in [2.75, 3.05) is 11.9 Å². The van der Waals surface area contributed by atoms with Crippen LogP contribution in [-0.2, 0) is 13.5 Å². The largest absolute Gasteiger partial charge is 0.384 e. The minimum absolute atomic E-state index is 0.232. The zero-order valence-corrected chi connectivity index (χ0v) is 12.0. The highest BCUT2D eigenvalue weighted by atomic mass is 79.9. The fourth-order valence-electron chi connectivity index (χ4n) is 1.81. The number of rotatable bonds is 4. The first kappa shape index (κ1) is 13.1. The molecule has 5 heteroatoms. The number of nitrogens with one attached hydrogen (secondary N) is 1. The molecule has 0 aliphatic carbocycles. The summed E-state index contributed by atoms with van der Waals surface area (Å²) in [5, 5.41) is 7.43. The van der Waals surface area contributed by atoms with Gasteiger partial charge in [0.2, 0.25) is 0 Å². The molecule has 0 atom stereocenters. The summed E-state index contributed by atoms with van der Waals surface area (Å²) in [4.78, 5) is 0. The third-order valence-electron chi connectivity index (χ3n) is 2.89. The number of aryl methyl sites for hydroxylation is 2. The van der Waals surface area contributed by atoms with E-state index in [9.17, 15) is 4.39 Å². The Labute approximate surface area is 114 Å². The lowest BCUT2D eigenvalue weighted by Crippen LogP contribution is -2.09. The maximum Gasteiger partial charge on any atom is 0.137 e. The van der Waals surface area contributed by atoms with Crippen LogP contribution in [0, 0.1) is 12.7 Å². The van der Waals surface area contributed by atoms with Crippen LogP contribution in [0.3, 0.4) is 0 Å². The van der Waals surface area contributed by atoms with E-state index in [1.807, 2.05) is 24.7 Å². The Morgan fingerprint density at radius 1 is 1.44 bits per heavy atom. The smallest absolute Gasteiger partial charge is 0.137 e. The van der Waals surface area contributed by atoms with Crippen molar-refractivity contribution in [1.82, 2.24) is 9.78 Å². The van der Waals surface area contributed by atoms with E-state index in [0.29, 0.717) is 4.47 Å². The molecule has 2 aromatic rings. The van der Waals surface area contributed by atoms with Gasteiger partial charge in [-0.2, -0.15) is 5.10 Å². The lowest BCUT2D eigenvalue weighted by Gasteiger charge is -2.10. The summed E-state index contributed by atoms with van der Waals surface area (Å²) in [6.45, 7) is 2.68. The highest BCUT2D eigenvalue weighted by Gasteiger charge is 2.05. The molecule has 96 valence electrons. The van der Waals surface area contributed by atoms with Gasteiger partial charge in [0.25, 0.3) is 0 Å². The molecule has 0 spiro atoms. The van der Waals surface area contributed by atoms with E-state index in [4.69, 9.17) is 0 Å². The van der Waals surface area contributed by atoms with Gasteiger partial charge in [-0.1, -0.05) is 0 Å². The second kappa shape index (κ2) is 5.52. The summed E-state index contributed by atoms with van der Waals surface area (Å²) >= 11 is 3.19. The molecule has 0 bridgehead atoms. The van der Waals surface area contributed by atoms with E-state index in [1.165, 1.54) is 11.8 Å². The number of anilines is 1. The Morgan fingerprint density at radius 3 is 2.89 bits per heavy atom.